The molecule has 0 fully saturated rings. The zero-order chi connectivity index (χ0) is 19.0. The summed E-state index contributed by atoms with van der Waals surface area (Å²) in [5.74, 6) is -0.909. The van der Waals surface area contributed by atoms with Gasteiger partial charge in [-0.2, -0.15) is 0 Å². The van der Waals surface area contributed by atoms with Gasteiger partial charge in [-0.15, -0.1) is 0 Å². The fourth-order valence-corrected chi connectivity index (χ4v) is 3.83. The van der Waals surface area contributed by atoms with Gasteiger partial charge in [0.1, 0.15) is 5.75 Å². The summed E-state index contributed by atoms with van der Waals surface area (Å²) in [6.45, 7) is 2.57. The van der Waals surface area contributed by atoms with Gasteiger partial charge in [0.25, 0.3) is 0 Å². The van der Waals surface area contributed by atoms with E-state index < -0.39 is 28.5 Å². The molecule has 0 aliphatic rings. The molecule has 2 aromatic rings. The van der Waals surface area contributed by atoms with Crippen LogP contribution in [-0.2, 0) is 20.6 Å². The zero-order valence-electron chi connectivity index (χ0n) is 14.6. The van der Waals surface area contributed by atoms with Crippen LogP contribution in [0, 0.1) is 0 Å². The largest absolute Gasteiger partial charge is 0.550 e. The third-order valence-corrected chi connectivity index (χ3v) is 5.00. The Kier molecular flexibility index (Phi) is 7.17. The van der Waals surface area contributed by atoms with E-state index in [4.69, 9.17) is 4.74 Å². The first-order valence-corrected chi connectivity index (χ1v) is 10.0. The van der Waals surface area contributed by atoms with E-state index in [9.17, 15) is 18.3 Å². The average molecular weight is 376 g/mol. The lowest BCUT2D eigenvalue weighted by Crippen LogP contribution is -2.34. The normalized spacial score (nSPS) is 12.5. The Bertz CT molecular complexity index is 804. The van der Waals surface area contributed by atoms with Crippen molar-refractivity contribution in [2.24, 2.45) is 0 Å². The standard InChI is InChI=1S/C19H23NO5S/c1-2-12-25-17-10-8-16(9-11-17)18(13-19(21)22)20-26(23,24)14-15-6-4-3-5-7-15/h3-11,18,20H,2,12-14H2,1H3,(H,21,22)/p-1/t18-/m1/s1. The number of nitrogens with one attached hydrogen (secondary N) is 1. The number of sulfonamides is 1. The summed E-state index contributed by atoms with van der Waals surface area (Å²) in [5, 5.41) is 11.1. The van der Waals surface area contributed by atoms with Gasteiger partial charge in [0.15, 0.2) is 0 Å². The molecule has 7 heteroatoms. The molecule has 2 rings (SSSR count). The first-order valence-electron chi connectivity index (χ1n) is 8.36. The van der Waals surface area contributed by atoms with Gasteiger partial charge < -0.3 is 14.6 Å². The Labute approximate surface area is 153 Å². The molecule has 0 heterocycles. The Morgan fingerprint density at radius 2 is 1.77 bits per heavy atom. The minimum absolute atomic E-state index is 0.227. The minimum Gasteiger partial charge on any atom is -0.550 e. The van der Waals surface area contributed by atoms with Crippen LogP contribution in [0.4, 0.5) is 0 Å². The zero-order valence-corrected chi connectivity index (χ0v) is 15.4. The number of hydrogen-bond donors (Lipinski definition) is 1. The van der Waals surface area contributed by atoms with Crippen molar-refractivity contribution in [3.05, 3.63) is 65.7 Å². The Balaban J connectivity index is 2.14. The molecule has 0 radical (unpaired) electrons. The summed E-state index contributed by atoms with van der Waals surface area (Å²) in [5.41, 5.74) is 1.16. The van der Waals surface area contributed by atoms with Crippen molar-refractivity contribution < 1.29 is 23.1 Å². The van der Waals surface area contributed by atoms with E-state index in [1.54, 1.807) is 54.6 Å². The van der Waals surface area contributed by atoms with E-state index in [0.717, 1.165) is 6.42 Å². The SMILES string of the molecule is CCCOc1ccc([C@@H](CC(=O)[O-])NS(=O)(=O)Cc2ccccc2)cc1. The summed E-state index contributed by atoms with van der Waals surface area (Å²) in [7, 11) is -3.72. The van der Waals surface area contributed by atoms with Gasteiger partial charge in [0.2, 0.25) is 10.0 Å². The fraction of sp³-hybridized carbons (Fsp3) is 0.316. The first kappa shape index (κ1) is 19.9. The van der Waals surface area contributed by atoms with Crippen LogP contribution >= 0.6 is 0 Å². The van der Waals surface area contributed by atoms with Gasteiger partial charge in [0, 0.05) is 12.4 Å². The third kappa shape index (κ3) is 6.50. The maximum atomic E-state index is 12.4. The summed E-state index contributed by atoms with van der Waals surface area (Å²) in [6.07, 6.45) is 0.414. The molecule has 140 valence electrons. The minimum atomic E-state index is -3.72. The van der Waals surface area contributed by atoms with Crippen LogP contribution in [0.3, 0.4) is 0 Å². The highest BCUT2D eigenvalue weighted by Gasteiger charge is 2.20. The molecule has 6 nitrogen and oxygen atoms in total. The van der Waals surface area contributed by atoms with E-state index in [2.05, 4.69) is 4.72 Å². The molecule has 0 unspecified atom stereocenters. The lowest BCUT2D eigenvalue weighted by atomic mass is 10.0. The molecule has 0 aliphatic carbocycles. The Hall–Kier alpha value is -2.38. The monoisotopic (exact) mass is 376 g/mol. The highest BCUT2D eigenvalue weighted by atomic mass is 32.2. The van der Waals surface area contributed by atoms with Gasteiger partial charge >= 0.3 is 0 Å². The first-order chi connectivity index (χ1) is 12.4. The third-order valence-electron chi connectivity index (χ3n) is 3.65. The number of carboxylic acid groups (broad SMARTS) is 1. The van der Waals surface area contributed by atoms with Gasteiger partial charge in [-0.05, 0) is 29.7 Å². The lowest BCUT2D eigenvalue weighted by Gasteiger charge is -2.20. The number of carbonyl (C=O) groups is 1. The lowest BCUT2D eigenvalue weighted by molar-refractivity contribution is -0.306. The Morgan fingerprint density at radius 1 is 1.12 bits per heavy atom. The van der Waals surface area contributed by atoms with Crippen LogP contribution in [0.15, 0.2) is 54.6 Å². The van der Waals surface area contributed by atoms with Crippen LogP contribution < -0.4 is 14.6 Å². The van der Waals surface area contributed by atoms with Crippen LogP contribution in [0.2, 0.25) is 0 Å². The number of benzene rings is 2. The fourth-order valence-electron chi connectivity index (χ4n) is 2.46. The molecule has 0 saturated carbocycles. The molecule has 2 aromatic carbocycles. The van der Waals surface area contributed by atoms with Gasteiger partial charge in [-0.25, -0.2) is 13.1 Å². The van der Waals surface area contributed by atoms with E-state index >= 15 is 0 Å². The number of ether oxygens (including phenoxy) is 1. The number of carbonyl (C=O) groups excluding carboxylic acids is 1. The topological polar surface area (TPSA) is 95.5 Å². The van der Waals surface area contributed by atoms with Crippen LogP contribution in [-0.4, -0.2) is 21.0 Å². The Morgan fingerprint density at radius 3 is 2.35 bits per heavy atom. The second-order valence-electron chi connectivity index (χ2n) is 5.91. The van der Waals surface area contributed by atoms with E-state index in [-0.39, 0.29) is 5.75 Å². The van der Waals surface area contributed by atoms with Crippen molar-refractivity contribution in [2.75, 3.05) is 6.61 Å². The van der Waals surface area contributed by atoms with Gasteiger partial charge in [-0.1, -0.05) is 49.4 Å². The molecule has 26 heavy (non-hydrogen) atoms. The molecule has 0 aliphatic heterocycles. The average Bonchev–Trinajstić information content (AvgIpc) is 2.59. The van der Waals surface area contributed by atoms with Crippen molar-refractivity contribution in [1.29, 1.82) is 0 Å². The van der Waals surface area contributed by atoms with Crippen LogP contribution in [0.5, 0.6) is 5.75 Å². The smallest absolute Gasteiger partial charge is 0.216 e. The second kappa shape index (κ2) is 9.35. The van der Waals surface area contributed by atoms with E-state index in [1.165, 1.54) is 0 Å². The summed E-state index contributed by atoms with van der Waals surface area (Å²) in [6, 6.07) is 14.5. The maximum absolute atomic E-state index is 12.4. The van der Waals surface area contributed by atoms with Crippen LogP contribution in [0.1, 0.15) is 36.9 Å². The number of carboxylic acids is 1. The second-order valence-corrected chi connectivity index (χ2v) is 7.66. The summed E-state index contributed by atoms with van der Waals surface area (Å²) < 4.78 is 32.8. The van der Waals surface area contributed by atoms with Crippen molar-refractivity contribution >= 4 is 16.0 Å². The maximum Gasteiger partial charge on any atom is 0.216 e. The van der Waals surface area contributed by atoms with Crippen molar-refractivity contribution in [3.63, 3.8) is 0 Å². The molecular weight excluding hydrogens is 354 g/mol. The summed E-state index contributed by atoms with van der Waals surface area (Å²) in [4.78, 5) is 11.1. The molecule has 0 amide bonds. The van der Waals surface area contributed by atoms with E-state index in [0.29, 0.717) is 23.5 Å². The number of rotatable bonds is 10. The molecule has 0 spiro atoms. The van der Waals surface area contributed by atoms with Crippen molar-refractivity contribution in [3.8, 4) is 5.75 Å². The number of hydrogen-bond acceptors (Lipinski definition) is 5. The van der Waals surface area contributed by atoms with E-state index in [1.807, 2.05) is 6.92 Å². The number of aliphatic carboxylic acids is 1. The predicted octanol–water partition coefficient (Wildman–Crippen LogP) is 1.78. The van der Waals surface area contributed by atoms with Gasteiger partial charge in [-0.3, -0.25) is 0 Å². The highest BCUT2D eigenvalue weighted by Crippen LogP contribution is 2.22. The van der Waals surface area contributed by atoms with Crippen molar-refractivity contribution in [2.45, 2.75) is 31.6 Å². The highest BCUT2D eigenvalue weighted by molar-refractivity contribution is 7.88. The van der Waals surface area contributed by atoms with Gasteiger partial charge in [0.05, 0.1) is 18.4 Å². The molecule has 1 N–H and O–H groups in total. The summed E-state index contributed by atoms with van der Waals surface area (Å²) >= 11 is 0. The molecule has 1 atom stereocenters. The van der Waals surface area contributed by atoms with Crippen molar-refractivity contribution in [1.82, 2.24) is 4.72 Å². The molecule has 0 bridgehead atoms. The van der Waals surface area contributed by atoms with Crippen LogP contribution in [0.25, 0.3) is 0 Å². The predicted molar refractivity (Wildman–Crippen MR) is 96.8 cm³/mol. The molecule has 0 saturated heterocycles. The molecule has 0 aromatic heterocycles. The quantitative estimate of drug-likeness (QED) is 0.682. The molecular formula is C19H22NO5S-.